The first-order valence-corrected chi connectivity index (χ1v) is 8.45. The summed E-state index contributed by atoms with van der Waals surface area (Å²) in [4.78, 5) is 0.785. The number of hydrogen-bond acceptors (Lipinski definition) is 7. The molecule has 9 heteroatoms. The molecular weight excluding hydrogens is 326 g/mol. The lowest BCUT2D eigenvalue weighted by Gasteiger charge is -2.00. The third-order valence-corrected chi connectivity index (χ3v) is 4.89. The average Bonchev–Trinajstić information content (AvgIpc) is 3.24. The van der Waals surface area contributed by atoms with Crippen molar-refractivity contribution in [3.8, 4) is 0 Å². The summed E-state index contributed by atoms with van der Waals surface area (Å²) < 4.78 is 8.98. The second kappa shape index (κ2) is 5.52. The van der Waals surface area contributed by atoms with Crippen LogP contribution in [0.25, 0.3) is 4.96 Å². The molecule has 0 atom stereocenters. The maximum Gasteiger partial charge on any atom is 0.234 e. The van der Waals surface area contributed by atoms with E-state index < -0.39 is 0 Å². The van der Waals surface area contributed by atoms with Gasteiger partial charge in [-0.15, -0.1) is 10.2 Å². The maximum atomic E-state index is 5.22. The SMILES string of the molecule is Cc1cc(C)n(Cc2nn3c(Cc4c(C)noc4C)nnc3s2)n1. The van der Waals surface area contributed by atoms with Gasteiger partial charge in [0, 0.05) is 17.7 Å². The first kappa shape index (κ1) is 15.0. The van der Waals surface area contributed by atoms with Crippen LogP contribution in [0.4, 0.5) is 0 Å². The summed E-state index contributed by atoms with van der Waals surface area (Å²) in [6, 6.07) is 2.06. The minimum Gasteiger partial charge on any atom is -0.361 e. The second-order valence-corrected chi connectivity index (χ2v) is 6.91. The van der Waals surface area contributed by atoms with Crippen LogP contribution < -0.4 is 0 Å². The standard InChI is InChI=1S/C15H17N7OS/c1-8-5-9(2)21(18-8)7-14-19-22-13(16-17-15(22)24-14)6-12-10(3)20-23-11(12)4/h5H,6-7H2,1-4H3. The molecule has 0 aliphatic rings. The molecule has 0 radical (unpaired) electrons. The Hall–Kier alpha value is -2.55. The van der Waals surface area contributed by atoms with E-state index in [1.54, 1.807) is 4.52 Å². The van der Waals surface area contributed by atoms with Gasteiger partial charge in [0.25, 0.3) is 0 Å². The fourth-order valence-electron chi connectivity index (χ4n) is 2.75. The van der Waals surface area contributed by atoms with Crippen LogP contribution in [-0.4, -0.2) is 34.7 Å². The number of aromatic nitrogens is 7. The van der Waals surface area contributed by atoms with E-state index in [2.05, 4.69) is 31.6 Å². The lowest BCUT2D eigenvalue weighted by molar-refractivity contribution is 0.392. The highest BCUT2D eigenvalue weighted by Crippen LogP contribution is 2.20. The Morgan fingerprint density at radius 3 is 2.62 bits per heavy atom. The van der Waals surface area contributed by atoms with Crippen molar-refractivity contribution in [2.24, 2.45) is 0 Å². The van der Waals surface area contributed by atoms with Gasteiger partial charge >= 0.3 is 0 Å². The predicted octanol–water partition coefficient (Wildman–Crippen LogP) is 2.24. The molecule has 0 saturated carbocycles. The molecule has 8 nitrogen and oxygen atoms in total. The molecule has 0 amide bonds. The topological polar surface area (TPSA) is 86.9 Å². The summed E-state index contributed by atoms with van der Waals surface area (Å²) in [5, 5.41) is 22.6. The van der Waals surface area contributed by atoms with Gasteiger partial charge in [-0.25, -0.2) is 0 Å². The summed E-state index contributed by atoms with van der Waals surface area (Å²) in [5.74, 6) is 1.60. The van der Waals surface area contributed by atoms with Crippen LogP contribution in [-0.2, 0) is 13.0 Å². The quantitative estimate of drug-likeness (QED) is 0.565. The molecule has 4 heterocycles. The molecule has 0 saturated heterocycles. The van der Waals surface area contributed by atoms with Crippen molar-refractivity contribution in [3.05, 3.63) is 45.3 Å². The van der Waals surface area contributed by atoms with Gasteiger partial charge in [-0.2, -0.15) is 14.7 Å². The summed E-state index contributed by atoms with van der Waals surface area (Å²) in [7, 11) is 0. The van der Waals surface area contributed by atoms with Gasteiger partial charge in [0.05, 0.1) is 17.9 Å². The summed E-state index contributed by atoms with van der Waals surface area (Å²) >= 11 is 1.53. The highest BCUT2D eigenvalue weighted by atomic mass is 32.1. The van der Waals surface area contributed by atoms with E-state index in [0.29, 0.717) is 13.0 Å². The summed E-state index contributed by atoms with van der Waals surface area (Å²) in [6.07, 6.45) is 0.603. The summed E-state index contributed by atoms with van der Waals surface area (Å²) in [5.41, 5.74) is 4.05. The van der Waals surface area contributed by atoms with Gasteiger partial charge in [0.15, 0.2) is 5.82 Å². The second-order valence-electron chi connectivity index (χ2n) is 5.87. The van der Waals surface area contributed by atoms with Crippen LogP contribution in [0.1, 0.15) is 39.2 Å². The third-order valence-electron chi connectivity index (χ3n) is 4.00. The molecule has 0 aliphatic carbocycles. The average molecular weight is 343 g/mol. The van der Waals surface area contributed by atoms with E-state index >= 15 is 0 Å². The normalized spacial score (nSPS) is 11.7. The monoisotopic (exact) mass is 343 g/mol. The number of rotatable bonds is 4. The van der Waals surface area contributed by atoms with Crippen molar-refractivity contribution in [2.75, 3.05) is 0 Å². The van der Waals surface area contributed by atoms with E-state index in [1.165, 1.54) is 11.3 Å². The highest BCUT2D eigenvalue weighted by Gasteiger charge is 2.17. The molecule has 0 bridgehead atoms. The summed E-state index contributed by atoms with van der Waals surface area (Å²) in [6.45, 7) is 8.51. The first-order chi connectivity index (χ1) is 11.5. The fraction of sp³-hybridized carbons (Fsp3) is 0.400. The smallest absolute Gasteiger partial charge is 0.234 e. The van der Waals surface area contributed by atoms with Gasteiger partial charge < -0.3 is 4.52 Å². The maximum absolute atomic E-state index is 5.22. The van der Waals surface area contributed by atoms with E-state index in [4.69, 9.17) is 4.52 Å². The van der Waals surface area contributed by atoms with Crippen LogP contribution in [0, 0.1) is 27.7 Å². The van der Waals surface area contributed by atoms with Crippen LogP contribution in [0.2, 0.25) is 0 Å². The molecule has 0 aromatic carbocycles. The van der Waals surface area contributed by atoms with E-state index in [9.17, 15) is 0 Å². The Balaban J connectivity index is 1.65. The van der Waals surface area contributed by atoms with Crippen molar-refractivity contribution in [2.45, 2.75) is 40.7 Å². The van der Waals surface area contributed by atoms with Crippen molar-refractivity contribution >= 4 is 16.3 Å². The van der Waals surface area contributed by atoms with E-state index in [-0.39, 0.29) is 0 Å². The Bertz CT molecular complexity index is 1000. The van der Waals surface area contributed by atoms with Crippen molar-refractivity contribution in [1.29, 1.82) is 0 Å². The molecule has 4 aromatic rings. The van der Waals surface area contributed by atoms with Gasteiger partial charge in [0.2, 0.25) is 4.96 Å². The fourth-order valence-corrected chi connectivity index (χ4v) is 3.58. The number of fused-ring (bicyclic) bond motifs is 1. The molecule has 24 heavy (non-hydrogen) atoms. The zero-order valence-electron chi connectivity index (χ0n) is 13.9. The minimum atomic E-state index is 0.603. The lowest BCUT2D eigenvalue weighted by Crippen LogP contribution is -2.05. The minimum absolute atomic E-state index is 0.603. The molecule has 4 aromatic heterocycles. The van der Waals surface area contributed by atoms with Gasteiger partial charge in [0.1, 0.15) is 10.8 Å². The van der Waals surface area contributed by atoms with Crippen molar-refractivity contribution in [3.63, 3.8) is 0 Å². The first-order valence-electron chi connectivity index (χ1n) is 7.64. The number of nitrogens with zero attached hydrogens (tertiary/aromatic N) is 7. The molecule has 0 aliphatic heterocycles. The third kappa shape index (κ3) is 2.50. The van der Waals surface area contributed by atoms with E-state index in [0.717, 1.165) is 44.2 Å². The highest BCUT2D eigenvalue weighted by molar-refractivity contribution is 7.16. The molecule has 124 valence electrons. The molecule has 0 spiro atoms. The lowest BCUT2D eigenvalue weighted by atomic mass is 10.1. The van der Waals surface area contributed by atoms with Crippen LogP contribution in [0.3, 0.4) is 0 Å². The zero-order valence-corrected chi connectivity index (χ0v) is 14.8. The van der Waals surface area contributed by atoms with Gasteiger partial charge in [-0.3, -0.25) is 4.68 Å². The van der Waals surface area contributed by atoms with E-state index in [1.807, 2.05) is 32.4 Å². The molecule has 0 N–H and O–H groups in total. The Labute approximate surface area is 142 Å². The van der Waals surface area contributed by atoms with Crippen molar-refractivity contribution < 1.29 is 4.52 Å². The molecule has 0 unspecified atom stereocenters. The van der Waals surface area contributed by atoms with Crippen molar-refractivity contribution in [1.82, 2.24) is 34.7 Å². The van der Waals surface area contributed by atoms with Crippen LogP contribution in [0.5, 0.6) is 0 Å². The Morgan fingerprint density at radius 1 is 1.12 bits per heavy atom. The molecule has 4 rings (SSSR count). The van der Waals surface area contributed by atoms with Gasteiger partial charge in [-0.1, -0.05) is 16.5 Å². The Kier molecular flexibility index (Phi) is 3.45. The Morgan fingerprint density at radius 2 is 1.96 bits per heavy atom. The van der Waals surface area contributed by atoms with Gasteiger partial charge in [-0.05, 0) is 33.8 Å². The largest absolute Gasteiger partial charge is 0.361 e. The predicted molar refractivity (Wildman–Crippen MR) is 88.2 cm³/mol. The van der Waals surface area contributed by atoms with Crippen LogP contribution in [0.15, 0.2) is 10.6 Å². The molecule has 0 fully saturated rings. The number of aryl methyl sites for hydroxylation is 4. The zero-order chi connectivity index (χ0) is 16.8. The van der Waals surface area contributed by atoms with Crippen LogP contribution >= 0.6 is 11.3 Å². The number of hydrogen-bond donors (Lipinski definition) is 0. The molecular formula is C15H17N7OS.